The molecule has 0 aliphatic carbocycles. The number of phenols is 1. The first-order valence-corrected chi connectivity index (χ1v) is 6.86. The number of hydrogen-bond acceptors (Lipinski definition) is 3. The summed E-state index contributed by atoms with van der Waals surface area (Å²) in [5.41, 5.74) is 1.13. The zero-order valence-electron chi connectivity index (χ0n) is 11.7. The van der Waals surface area contributed by atoms with E-state index in [4.69, 9.17) is 0 Å². The predicted molar refractivity (Wildman–Crippen MR) is 75.5 cm³/mol. The molecule has 1 saturated heterocycles. The quantitative estimate of drug-likeness (QED) is 0.901. The van der Waals surface area contributed by atoms with Crippen molar-refractivity contribution in [3.05, 3.63) is 29.3 Å². The highest BCUT2D eigenvalue weighted by Crippen LogP contribution is 2.22. The van der Waals surface area contributed by atoms with Gasteiger partial charge in [0.05, 0.1) is 5.56 Å². The van der Waals surface area contributed by atoms with Gasteiger partial charge in [-0.3, -0.25) is 4.79 Å². The molecule has 19 heavy (non-hydrogen) atoms. The third kappa shape index (κ3) is 3.26. The van der Waals surface area contributed by atoms with E-state index < -0.39 is 0 Å². The SMILES string of the molecule is Cc1cccc(C(=O)N(C)CCN2CCCC2)c1O. The second-order valence-corrected chi connectivity index (χ2v) is 5.25. The molecule has 1 N–H and O–H groups in total. The lowest BCUT2D eigenvalue weighted by molar-refractivity contribution is 0.0779. The first-order valence-electron chi connectivity index (χ1n) is 6.86. The van der Waals surface area contributed by atoms with Crippen LogP contribution >= 0.6 is 0 Å². The number of para-hydroxylation sites is 1. The zero-order valence-corrected chi connectivity index (χ0v) is 11.7. The largest absolute Gasteiger partial charge is 0.507 e. The number of amides is 1. The molecule has 1 aliphatic heterocycles. The molecule has 1 fully saturated rings. The topological polar surface area (TPSA) is 43.8 Å². The summed E-state index contributed by atoms with van der Waals surface area (Å²) in [5.74, 6) is -0.0130. The Morgan fingerprint density at radius 3 is 2.74 bits per heavy atom. The van der Waals surface area contributed by atoms with Gasteiger partial charge in [-0.25, -0.2) is 0 Å². The van der Waals surface area contributed by atoms with E-state index in [0.29, 0.717) is 12.1 Å². The monoisotopic (exact) mass is 262 g/mol. The first-order chi connectivity index (χ1) is 9.09. The van der Waals surface area contributed by atoms with Crippen molar-refractivity contribution in [1.82, 2.24) is 9.80 Å². The van der Waals surface area contributed by atoms with Gasteiger partial charge in [0.15, 0.2) is 0 Å². The van der Waals surface area contributed by atoms with Crippen molar-refractivity contribution in [2.45, 2.75) is 19.8 Å². The van der Waals surface area contributed by atoms with E-state index in [0.717, 1.165) is 25.2 Å². The standard InChI is InChI=1S/C15H22N2O2/c1-12-6-5-7-13(14(12)18)15(19)16(2)10-11-17-8-3-4-9-17/h5-7,18H,3-4,8-11H2,1-2H3. The Morgan fingerprint density at radius 1 is 1.37 bits per heavy atom. The van der Waals surface area contributed by atoms with Gasteiger partial charge in [-0.2, -0.15) is 0 Å². The molecule has 0 saturated carbocycles. The second-order valence-electron chi connectivity index (χ2n) is 5.25. The van der Waals surface area contributed by atoms with E-state index in [1.165, 1.54) is 12.8 Å². The lowest BCUT2D eigenvalue weighted by Gasteiger charge is -2.22. The van der Waals surface area contributed by atoms with Gasteiger partial charge in [0.25, 0.3) is 5.91 Å². The molecule has 0 bridgehead atoms. The number of phenolic OH excluding ortho intramolecular Hbond substituents is 1. The van der Waals surface area contributed by atoms with E-state index in [2.05, 4.69) is 4.90 Å². The predicted octanol–water partition coefficient (Wildman–Crippen LogP) is 1.87. The molecule has 1 aliphatic rings. The van der Waals surface area contributed by atoms with Crippen LogP contribution in [-0.4, -0.2) is 54.0 Å². The van der Waals surface area contributed by atoms with Crippen LogP contribution in [0.5, 0.6) is 5.75 Å². The fourth-order valence-corrected chi connectivity index (χ4v) is 2.44. The first kappa shape index (κ1) is 13.9. The highest BCUT2D eigenvalue weighted by molar-refractivity contribution is 5.97. The van der Waals surface area contributed by atoms with E-state index in [-0.39, 0.29) is 11.7 Å². The summed E-state index contributed by atoms with van der Waals surface area (Å²) in [7, 11) is 1.79. The van der Waals surface area contributed by atoms with Gasteiger partial charge in [-0.15, -0.1) is 0 Å². The number of aromatic hydroxyl groups is 1. The Morgan fingerprint density at radius 2 is 2.05 bits per heavy atom. The van der Waals surface area contributed by atoms with Gasteiger partial charge in [0.1, 0.15) is 5.75 Å². The number of carbonyl (C=O) groups is 1. The van der Waals surface area contributed by atoms with Crippen molar-refractivity contribution >= 4 is 5.91 Å². The second kappa shape index (κ2) is 6.06. The third-order valence-electron chi connectivity index (χ3n) is 3.77. The van der Waals surface area contributed by atoms with Crippen molar-refractivity contribution in [2.24, 2.45) is 0 Å². The van der Waals surface area contributed by atoms with Crippen LogP contribution in [0.25, 0.3) is 0 Å². The van der Waals surface area contributed by atoms with Crippen molar-refractivity contribution in [2.75, 3.05) is 33.2 Å². The van der Waals surface area contributed by atoms with Crippen molar-refractivity contribution in [3.63, 3.8) is 0 Å². The van der Waals surface area contributed by atoms with Gasteiger partial charge in [0, 0.05) is 20.1 Å². The van der Waals surface area contributed by atoms with Gasteiger partial charge >= 0.3 is 0 Å². The number of benzene rings is 1. The van der Waals surface area contributed by atoms with Crippen molar-refractivity contribution < 1.29 is 9.90 Å². The molecule has 1 aromatic rings. The van der Waals surface area contributed by atoms with Gasteiger partial charge in [-0.05, 0) is 44.5 Å². The number of hydrogen-bond donors (Lipinski definition) is 1. The zero-order chi connectivity index (χ0) is 13.8. The Bertz CT molecular complexity index is 453. The van der Waals surface area contributed by atoms with Crippen LogP contribution in [0.15, 0.2) is 18.2 Å². The molecule has 4 nitrogen and oxygen atoms in total. The maximum absolute atomic E-state index is 12.3. The summed E-state index contributed by atoms with van der Waals surface area (Å²) in [4.78, 5) is 16.3. The Balaban J connectivity index is 1.96. The third-order valence-corrected chi connectivity index (χ3v) is 3.77. The van der Waals surface area contributed by atoms with Crippen molar-refractivity contribution in [1.29, 1.82) is 0 Å². The van der Waals surface area contributed by atoms with Crippen LogP contribution < -0.4 is 0 Å². The van der Waals surface area contributed by atoms with Crippen molar-refractivity contribution in [3.8, 4) is 5.75 Å². The number of rotatable bonds is 4. The van der Waals surface area contributed by atoms with Gasteiger partial charge < -0.3 is 14.9 Å². The van der Waals surface area contributed by atoms with Crippen LogP contribution in [0.4, 0.5) is 0 Å². The summed E-state index contributed by atoms with van der Waals surface area (Å²) in [6.07, 6.45) is 2.52. The summed E-state index contributed by atoms with van der Waals surface area (Å²) in [5, 5.41) is 9.94. The minimum atomic E-state index is -0.111. The molecule has 0 aromatic heterocycles. The number of nitrogens with zero attached hydrogens (tertiary/aromatic N) is 2. The number of aryl methyl sites for hydroxylation is 1. The maximum atomic E-state index is 12.3. The molecule has 1 heterocycles. The fourth-order valence-electron chi connectivity index (χ4n) is 2.44. The molecule has 0 atom stereocenters. The summed E-state index contributed by atoms with van der Waals surface area (Å²) < 4.78 is 0. The molecule has 0 radical (unpaired) electrons. The molecule has 0 unspecified atom stereocenters. The molecule has 1 amide bonds. The van der Waals surface area contributed by atoms with Gasteiger partial charge in [0.2, 0.25) is 0 Å². The fraction of sp³-hybridized carbons (Fsp3) is 0.533. The van der Waals surface area contributed by atoms with Crippen LogP contribution in [0, 0.1) is 6.92 Å². The average Bonchev–Trinajstić information content (AvgIpc) is 2.91. The minimum Gasteiger partial charge on any atom is -0.507 e. The molecular weight excluding hydrogens is 240 g/mol. The average molecular weight is 262 g/mol. The maximum Gasteiger partial charge on any atom is 0.257 e. The molecule has 104 valence electrons. The summed E-state index contributed by atoms with van der Waals surface area (Å²) >= 11 is 0. The van der Waals surface area contributed by atoms with Crippen LogP contribution in [-0.2, 0) is 0 Å². The van der Waals surface area contributed by atoms with Crippen LogP contribution in [0.2, 0.25) is 0 Å². The number of carbonyl (C=O) groups excluding carboxylic acids is 1. The minimum absolute atomic E-state index is 0.0977. The normalized spacial score (nSPS) is 15.7. The highest BCUT2D eigenvalue weighted by Gasteiger charge is 2.18. The number of likely N-dealkylation sites (tertiary alicyclic amines) is 1. The Hall–Kier alpha value is -1.55. The lowest BCUT2D eigenvalue weighted by Crippen LogP contribution is -2.35. The Labute approximate surface area is 114 Å². The highest BCUT2D eigenvalue weighted by atomic mass is 16.3. The number of likely N-dealkylation sites (N-methyl/N-ethyl adjacent to an activating group) is 1. The van der Waals surface area contributed by atoms with Crippen LogP contribution in [0.1, 0.15) is 28.8 Å². The summed E-state index contributed by atoms with van der Waals surface area (Å²) in [6, 6.07) is 5.28. The molecule has 4 heteroatoms. The lowest BCUT2D eigenvalue weighted by atomic mass is 10.1. The summed E-state index contributed by atoms with van der Waals surface area (Å²) in [6.45, 7) is 5.69. The van der Waals surface area contributed by atoms with Crippen LogP contribution in [0.3, 0.4) is 0 Å². The van der Waals surface area contributed by atoms with E-state index >= 15 is 0 Å². The molecule has 0 spiro atoms. The van der Waals surface area contributed by atoms with E-state index in [9.17, 15) is 9.90 Å². The van der Waals surface area contributed by atoms with E-state index in [1.807, 2.05) is 0 Å². The molecule has 1 aromatic carbocycles. The molecular formula is C15H22N2O2. The Kier molecular flexibility index (Phi) is 4.43. The smallest absolute Gasteiger partial charge is 0.257 e. The molecule has 2 rings (SSSR count). The van der Waals surface area contributed by atoms with E-state index in [1.54, 1.807) is 37.1 Å². The van der Waals surface area contributed by atoms with Gasteiger partial charge in [-0.1, -0.05) is 12.1 Å².